The Morgan fingerprint density at radius 3 is 1.89 bits per heavy atom. The SMILES string of the molecule is CC(C1CCCCC1N)C(O)(P(=O)(O)O)P(=O)(O)O. The molecule has 0 aromatic heterocycles. The van der Waals surface area contributed by atoms with E-state index in [1.807, 2.05) is 0 Å². The molecule has 0 aromatic carbocycles. The first-order chi connectivity index (χ1) is 8.43. The lowest BCUT2D eigenvalue weighted by molar-refractivity contribution is 0.0425. The van der Waals surface area contributed by atoms with Crippen LogP contribution >= 0.6 is 15.2 Å². The lowest BCUT2D eigenvalue weighted by atomic mass is 9.77. The van der Waals surface area contributed by atoms with Crippen molar-refractivity contribution >= 4 is 15.2 Å². The highest BCUT2D eigenvalue weighted by Gasteiger charge is 2.64. The zero-order valence-corrected chi connectivity index (χ0v) is 12.4. The predicted octanol–water partition coefficient (Wildman–Crippen LogP) is 0.141. The maximum Gasteiger partial charge on any atom is 0.369 e. The molecule has 8 nitrogen and oxygen atoms in total. The van der Waals surface area contributed by atoms with E-state index in [1.165, 1.54) is 6.92 Å². The Bertz CT molecular complexity index is 395. The number of nitrogens with two attached hydrogens (primary N) is 1. The Morgan fingerprint density at radius 1 is 1.11 bits per heavy atom. The largest absolute Gasteiger partial charge is 0.369 e. The predicted molar refractivity (Wildman–Crippen MR) is 68.1 cm³/mol. The second-order valence-corrected chi connectivity index (χ2v) is 9.07. The van der Waals surface area contributed by atoms with E-state index in [0.29, 0.717) is 12.8 Å². The average molecular weight is 317 g/mol. The number of hydrogen-bond donors (Lipinski definition) is 6. The van der Waals surface area contributed by atoms with Gasteiger partial charge in [0, 0.05) is 12.0 Å². The van der Waals surface area contributed by atoms with Gasteiger partial charge in [-0.05, 0) is 18.8 Å². The summed E-state index contributed by atoms with van der Waals surface area (Å²) in [5.74, 6) is -1.84. The highest BCUT2D eigenvalue weighted by molar-refractivity contribution is 7.72. The summed E-state index contributed by atoms with van der Waals surface area (Å²) in [6, 6.07) is -0.437. The van der Waals surface area contributed by atoms with Crippen LogP contribution in [0.4, 0.5) is 0 Å². The Hall–Kier alpha value is 0.220. The molecule has 7 N–H and O–H groups in total. The van der Waals surface area contributed by atoms with Crippen molar-refractivity contribution in [3.8, 4) is 0 Å². The molecule has 1 rings (SSSR count). The molecule has 0 aliphatic heterocycles. The fourth-order valence-electron chi connectivity index (χ4n) is 2.80. The molecule has 10 heteroatoms. The van der Waals surface area contributed by atoms with Gasteiger partial charge in [0.25, 0.3) is 5.08 Å². The minimum absolute atomic E-state index is 0.437. The van der Waals surface area contributed by atoms with Crippen molar-refractivity contribution in [3.63, 3.8) is 0 Å². The van der Waals surface area contributed by atoms with Gasteiger partial charge in [0.2, 0.25) is 0 Å². The number of aliphatic hydroxyl groups is 1. The third-order valence-corrected chi connectivity index (χ3v) is 8.08. The highest BCUT2D eigenvalue weighted by atomic mass is 31.2. The van der Waals surface area contributed by atoms with Crippen LogP contribution in [0.2, 0.25) is 0 Å². The second-order valence-electron chi connectivity index (χ2n) is 5.18. The normalized spacial score (nSPS) is 28.2. The lowest BCUT2D eigenvalue weighted by Crippen LogP contribution is -2.47. The van der Waals surface area contributed by atoms with E-state index in [0.717, 1.165) is 12.8 Å². The topological polar surface area (TPSA) is 161 Å². The summed E-state index contributed by atoms with van der Waals surface area (Å²) in [5, 5.41) is 6.67. The number of hydrogen-bond acceptors (Lipinski definition) is 4. The molecule has 0 aromatic rings. The minimum atomic E-state index is -5.42. The molecule has 0 amide bonds. The molecule has 3 atom stereocenters. The fourth-order valence-corrected chi connectivity index (χ4v) is 5.60. The minimum Gasteiger partial charge on any atom is -0.367 e. The van der Waals surface area contributed by atoms with Gasteiger partial charge in [0.1, 0.15) is 0 Å². The Labute approximate surface area is 111 Å². The molecule has 1 aliphatic carbocycles. The van der Waals surface area contributed by atoms with E-state index in [-0.39, 0.29) is 0 Å². The summed E-state index contributed by atoms with van der Waals surface area (Å²) in [4.78, 5) is 36.8. The standard InChI is InChI=1S/C9H21NO7P2/c1-6(7-4-2-3-5-8(7)10)9(11,18(12,13)14)19(15,16)17/h6-8,11H,2-5,10H2,1H3,(H2,12,13,14)(H2,15,16,17). The molecular weight excluding hydrogens is 296 g/mol. The number of rotatable bonds is 4. The van der Waals surface area contributed by atoms with E-state index >= 15 is 0 Å². The van der Waals surface area contributed by atoms with Crippen molar-refractivity contribution in [3.05, 3.63) is 0 Å². The van der Waals surface area contributed by atoms with Gasteiger partial charge in [-0.1, -0.05) is 19.8 Å². The Morgan fingerprint density at radius 2 is 1.53 bits per heavy atom. The van der Waals surface area contributed by atoms with E-state index in [9.17, 15) is 33.8 Å². The Kier molecular flexibility index (Phi) is 5.04. The van der Waals surface area contributed by atoms with Crippen molar-refractivity contribution in [2.75, 3.05) is 0 Å². The van der Waals surface area contributed by atoms with Crippen molar-refractivity contribution in [1.29, 1.82) is 0 Å². The smallest absolute Gasteiger partial charge is 0.367 e. The molecular formula is C9H21NO7P2. The molecule has 0 spiro atoms. The first kappa shape index (κ1) is 17.3. The van der Waals surface area contributed by atoms with Crippen LogP contribution in [0.1, 0.15) is 32.6 Å². The van der Waals surface area contributed by atoms with Crippen molar-refractivity contribution in [1.82, 2.24) is 0 Å². The average Bonchev–Trinajstić information content (AvgIpc) is 2.24. The van der Waals surface area contributed by atoms with Crippen molar-refractivity contribution in [2.24, 2.45) is 17.6 Å². The van der Waals surface area contributed by atoms with Gasteiger partial charge in [0.05, 0.1) is 0 Å². The summed E-state index contributed by atoms with van der Waals surface area (Å²) in [6.07, 6.45) is 2.69. The highest BCUT2D eigenvalue weighted by Crippen LogP contribution is 2.71. The molecule has 0 radical (unpaired) electrons. The molecule has 0 bridgehead atoms. The van der Waals surface area contributed by atoms with Gasteiger partial charge in [-0.25, -0.2) is 0 Å². The first-order valence-corrected chi connectivity index (χ1v) is 9.24. The first-order valence-electron chi connectivity index (χ1n) is 6.02. The zero-order valence-electron chi connectivity index (χ0n) is 10.6. The molecule has 1 fully saturated rings. The van der Waals surface area contributed by atoms with Gasteiger partial charge >= 0.3 is 15.2 Å². The molecule has 1 aliphatic rings. The van der Waals surface area contributed by atoms with Gasteiger partial charge in [-0.15, -0.1) is 0 Å². The maximum absolute atomic E-state index is 11.4. The van der Waals surface area contributed by atoms with Gasteiger partial charge in [0.15, 0.2) is 0 Å². The van der Waals surface area contributed by atoms with Crippen LogP contribution in [0.15, 0.2) is 0 Å². The van der Waals surface area contributed by atoms with Crippen LogP contribution in [-0.4, -0.2) is 35.8 Å². The monoisotopic (exact) mass is 317 g/mol. The van der Waals surface area contributed by atoms with Crippen molar-refractivity contribution in [2.45, 2.75) is 43.7 Å². The van der Waals surface area contributed by atoms with Crippen LogP contribution in [0, 0.1) is 11.8 Å². The second kappa shape index (κ2) is 5.54. The maximum atomic E-state index is 11.4. The summed E-state index contributed by atoms with van der Waals surface area (Å²) < 4.78 is 22.8. The third-order valence-electron chi connectivity index (χ3n) is 3.99. The van der Waals surface area contributed by atoms with Crippen LogP contribution in [0.25, 0.3) is 0 Å². The zero-order chi connectivity index (χ0) is 15.1. The molecule has 3 unspecified atom stereocenters. The van der Waals surface area contributed by atoms with Crippen LogP contribution < -0.4 is 5.73 Å². The summed E-state index contributed by atoms with van der Waals surface area (Å²) in [6.45, 7) is 1.23. The molecule has 0 saturated heterocycles. The molecule has 0 heterocycles. The van der Waals surface area contributed by atoms with Crippen molar-refractivity contribution < 1.29 is 33.8 Å². The van der Waals surface area contributed by atoms with E-state index in [1.54, 1.807) is 0 Å². The van der Waals surface area contributed by atoms with Crippen LogP contribution in [-0.2, 0) is 9.13 Å². The van der Waals surface area contributed by atoms with Gasteiger partial charge in [-0.2, -0.15) is 0 Å². The lowest BCUT2D eigenvalue weighted by Gasteiger charge is -2.42. The van der Waals surface area contributed by atoms with E-state index in [2.05, 4.69) is 0 Å². The third kappa shape index (κ3) is 3.12. The summed E-state index contributed by atoms with van der Waals surface area (Å²) in [7, 11) is -10.8. The van der Waals surface area contributed by atoms with Crippen LogP contribution in [0.3, 0.4) is 0 Å². The molecule has 19 heavy (non-hydrogen) atoms. The van der Waals surface area contributed by atoms with Crippen LogP contribution in [0.5, 0.6) is 0 Å². The van der Waals surface area contributed by atoms with Gasteiger partial charge < -0.3 is 30.4 Å². The summed E-state index contributed by atoms with van der Waals surface area (Å²) >= 11 is 0. The van der Waals surface area contributed by atoms with Gasteiger partial charge in [-0.3, -0.25) is 9.13 Å². The molecule has 114 valence electrons. The molecule has 1 saturated carbocycles. The van der Waals surface area contributed by atoms with E-state index < -0.39 is 38.2 Å². The fraction of sp³-hybridized carbons (Fsp3) is 1.00. The quantitative estimate of drug-likeness (QED) is 0.399. The Balaban J connectivity index is 3.19. The van der Waals surface area contributed by atoms with E-state index in [4.69, 9.17) is 5.73 Å². The summed E-state index contributed by atoms with van der Waals surface area (Å²) in [5.41, 5.74) is 5.85.